The van der Waals surface area contributed by atoms with Crippen molar-refractivity contribution >= 4 is 44.3 Å². The summed E-state index contributed by atoms with van der Waals surface area (Å²) in [6.45, 7) is 5.26. The maximum absolute atomic E-state index is 13.4. The van der Waals surface area contributed by atoms with Gasteiger partial charge in [0.05, 0.1) is 5.56 Å². The average molecular weight is 500 g/mol. The Kier molecular flexibility index (Phi) is 6.22. The summed E-state index contributed by atoms with van der Waals surface area (Å²) in [6, 6.07) is 3.38. The number of esters is 1. The second-order valence-electron chi connectivity index (χ2n) is 4.84. The number of hydrogen-bond donors (Lipinski definition) is 1. The Morgan fingerprint density at radius 1 is 1.28 bits per heavy atom. The average Bonchev–Trinajstić information content (AvgIpc) is 2.41. The third-order valence-corrected chi connectivity index (χ3v) is 4.63. The molecule has 0 aliphatic rings. The van der Waals surface area contributed by atoms with Gasteiger partial charge >= 0.3 is 27.5 Å². The zero-order chi connectivity index (χ0) is 19.8. The number of carbonyl (C=O) groups is 1. The predicted octanol–water partition coefficient (Wildman–Crippen LogP) is 3.89. The van der Waals surface area contributed by atoms with E-state index in [0.717, 1.165) is 12.1 Å². The molecule has 0 saturated heterocycles. The van der Waals surface area contributed by atoms with Gasteiger partial charge in [-0.1, -0.05) is 18.2 Å². The topological polar surface area (TPSA) is 80.7 Å². The highest BCUT2D eigenvalue weighted by Gasteiger charge is 2.66. The van der Waals surface area contributed by atoms with E-state index in [0.29, 0.717) is 14.7 Å². The molecule has 0 aromatic heterocycles. The quantitative estimate of drug-likeness (QED) is 0.287. The lowest BCUT2D eigenvalue weighted by Gasteiger charge is -2.26. The fraction of sp³-hybridized carbons (Fsp3) is 0.308. The van der Waals surface area contributed by atoms with E-state index in [1.54, 1.807) is 29.5 Å². The molecular weight excluding hydrogens is 490 g/mol. The number of ether oxygens (including phenoxy) is 1. The number of rotatable bonds is 5. The highest BCUT2D eigenvalue weighted by molar-refractivity contribution is 14.1. The monoisotopic (exact) mass is 500 g/mol. The Labute approximate surface area is 152 Å². The van der Waals surface area contributed by atoms with Crippen LogP contribution < -0.4 is 0 Å². The maximum Gasteiger partial charge on any atom is 0.432 e. The van der Waals surface area contributed by atoms with Crippen LogP contribution in [0.2, 0.25) is 0 Å². The molecule has 1 aromatic rings. The first-order valence-electron chi connectivity index (χ1n) is 6.17. The SMILES string of the molecule is C=C(C)c1ccc(C(=O)OC(C(F)(F)F)C(F)(F)S(=O)(=O)O)cc1I. The van der Waals surface area contributed by atoms with E-state index < -0.39 is 39.2 Å². The molecular formula is C13H10F5IO5S. The van der Waals surface area contributed by atoms with Crippen molar-refractivity contribution in [3.8, 4) is 0 Å². The van der Waals surface area contributed by atoms with Crippen LogP contribution in [0, 0.1) is 3.57 Å². The fourth-order valence-corrected chi connectivity index (χ4v) is 3.05. The predicted molar refractivity (Wildman–Crippen MR) is 85.6 cm³/mol. The van der Waals surface area contributed by atoms with Gasteiger partial charge in [0.1, 0.15) is 0 Å². The highest BCUT2D eigenvalue weighted by Crippen LogP contribution is 2.38. The third-order valence-electron chi connectivity index (χ3n) is 2.84. The Morgan fingerprint density at radius 3 is 2.16 bits per heavy atom. The van der Waals surface area contributed by atoms with Gasteiger partial charge in [0.25, 0.3) is 6.10 Å². The summed E-state index contributed by atoms with van der Waals surface area (Å²) < 4.78 is 98.4. The van der Waals surface area contributed by atoms with Gasteiger partial charge in [-0.15, -0.1) is 0 Å². The van der Waals surface area contributed by atoms with Crippen LogP contribution in [0.5, 0.6) is 0 Å². The first-order valence-corrected chi connectivity index (χ1v) is 8.69. The van der Waals surface area contributed by atoms with E-state index in [2.05, 4.69) is 11.3 Å². The molecule has 0 amide bonds. The van der Waals surface area contributed by atoms with Crippen molar-refractivity contribution in [3.05, 3.63) is 39.5 Å². The van der Waals surface area contributed by atoms with Gasteiger partial charge < -0.3 is 4.74 Å². The first-order chi connectivity index (χ1) is 11.1. The van der Waals surface area contributed by atoms with Crippen LogP contribution in [0.3, 0.4) is 0 Å². The van der Waals surface area contributed by atoms with Crippen molar-refractivity contribution in [2.24, 2.45) is 0 Å². The number of carbonyl (C=O) groups excluding carboxylic acids is 1. The van der Waals surface area contributed by atoms with Crippen molar-refractivity contribution < 1.29 is 44.5 Å². The number of hydrogen-bond acceptors (Lipinski definition) is 4. The van der Waals surface area contributed by atoms with Gasteiger partial charge in [-0.2, -0.15) is 30.4 Å². The van der Waals surface area contributed by atoms with Crippen molar-refractivity contribution in [1.29, 1.82) is 0 Å². The zero-order valence-electron chi connectivity index (χ0n) is 12.3. The van der Waals surface area contributed by atoms with E-state index in [1.807, 2.05) is 0 Å². The number of benzene rings is 1. The zero-order valence-corrected chi connectivity index (χ0v) is 15.2. The summed E-state index contributed by atoms with van der Waals surface area (Å²) >= 11 is 1.74. The third kappa shape index (κ3) is 4.88. The molecule has 1 aromatic carbocycles. The van der Waals surface area contributed by atoms with Crippen LogP contribution in [-0.2, 0) is 14.9 Å². The van der Waals surface area contributed by atoms with Crippen LogP contribution >= 0.6 is 22.6 Å². The van der Waals surface area contributed by atoms with Crippen LogP contribution in [0.25, 0.3) is 5.57 Å². The lowest BCUT2D eigenvalue weighted by molar-refractivity contribution is -0.248. The molecule has 1 N–H and O–H groups in total. The molecule has 1 atom stereocenters. The van der Waals surface area contributed by atoms with Crippen molar-refractivity contribution in [1.82, 2.24) is 0 Å². The van der Waals surface area contributed by atoms with Crippen molar-refractivity contribution in [2.75, 3.05) is 0 Å². The standard InChI is InChI=1S/C13H10F5IO5S/c1-6(2)8-4-3-7(5-9(8)19)10(20)24-11(12(14,15)16)13(17,18)25(21,22)23/h3-5,11H,1H2,2H3,(H,21,22,23). The van der Waals surface area contributed by atoms with E-state index in [4.69, 9.17) is 4.55 Å². The number of allylic oxidation sites excluding steroid dienone is 1. The van der Waals surface area contributed by atoms with E-state index in [9.17, 15) is 35.2 Å². The molecule has 0 heterocycles. The molecule has 0 aliphatic heterocycles. The normalized spacial score (nSPS) is 14.1. The molecule has 0 bridgehead atoms. The molecule has 0 radical (unpaired) electrons. The smallest absolute Gasteiger partial charge is 0.432 e. The summed E-state index contributed by atoms with van der Waals surface area (Å²) in [5.41, 5.74) is 0.623. The van der Waals surface area contributed by atoms with Crippen molar-refractivity contribution in [2.45, 2.75) is 24.5 Å². The summed E-state index contributed by atoms with van der Waals surface area (Å²) in [6.07, 6.45) is -10.3. The molecule has 0 aliphatic carbocycles. The van der Waals surface area contributed by atoms with Gasteiger partial charge in [0, 0.05) is 3.57 Å². The number of alkyl halides is 5. The van der Waals surface area contributed by atoms with Gasteiger partial charge in [-0.25, -0.2) is 4.79 Å². The molecule has 5 nitrogen and oxygen atoms in total. The summed E-state index contributed by atoms with van der Waals surface area (Å²) in [5, 5.41) is -5.77. The summed E-state index contributed by atoms with van der Waals surface area (Å²) in [7, 11) is -6.48. The van der Waals surface area contributed by atoms with Crippen LogP contribution in [0.15, 0.2) is 24.8 Å². The van der Waals surface area contributed by atoms with Gasteiger partial charge in [-0.3, -0.25) is 4.55 Å². The van der Waals surface area contributed by atoms with Crippen LogP contribution in [-0.4, -0.2) is 36.5 Å². The lowest BCUT2D eigenvalue weighted by Crippen LogP contribution is -2.52. The van der Waals surface area contributed by atoms with Crippen LogP contribution in [0.1, 0.15) is 22.8 Å². The Balaban J connectivity index is 3.25. The summed E-state index contributed by atoms with van der Waals surface area (Å²) in [4.78, 5) is 11.8. The largest absolute Gasteiger partial charge is 0.441 e. The van der Waals surface area contributed by atoms with E-state index in [-0.39, 0.29) is 0 Å². The van der Waals surface area contributed by atoms with Crippen molar-refractivity contribution in [3.63, 3.8) is 0 Å². The lowest BCUT2D eigenvalue weighted by atomic mass is 10.1. The minimum absolute atomic E-state index is 0.379. The molecule has 1 unspecified atom stereocenters. The molecule has 0 saturated carbocycles. The Morgan fingerprint density at radius 2 is 1.80 bits per heavy atom. The molecule has 25 heavy (non-hydrogen) atoms. The fourth-order valence-electron chi connectivity index (χ4n) is 1.62. The van der Waals surface area contributed by atoms with E-state index in [1.165, 1.54) is 6.07 Å². The Hall–Kier alpha value is -1.28. The van der Waals surface area contributed by atoms with Crippen LogP contribution in [0.4, 0.5) is 22.0 Å². The molecule has 12 heteroatoms. The second kappa shape index (κ2) is 7.15. The Bertz CT molecular complexity index is 804. The van der Waals surface area contributed by atoms with Gasteiger partial charge in [0.2, 0.25) is 0 Å². The maximum atomic E-state index is 13.4. The minimum Gasteiger partial charge on any atom is -0.441 e. The van der Waals surface area contributed by atoms with Gasteiger partial charge in [0.15, 0.2) is 0 Å². The molecule has 0 spiro atoms. The molecule has 0 fully saturated rings. The summed E-state index contributed by atoms with van der Waals surface area (Å²) in [5.74, 6) is -1.84. The minimum atomic E-state index is -6.48. The first kappa shape index (κ1) is 21.8. The molecule has 140 valence electrons. The second-order valence-corrected chi connectivity index (χ2v) is 7.50. The van der Waals surface area contributed by atoms with E-state index >= 15 is 0 Å². The molecule has 1 rings (SSSR count). The van der Waals surface area contributed by atoms with Gasteiger partial charge in [-0.05, 0) is 47.2 Å². The highest BCUT2D eigenvalue weighted by atomic mass is 127. The number of halogens is 6.